The van der Waals surface area contributed by atoms with E-state index in [1.165, 1.54) is 23.1 Å². The van der Waals surface area contributed by atoms with E-state index in [1.807, 2.05) is 30.3 Å². The molecule has 0 spiro atoms. The first-order chi connectivity index (χ1) is 14.7. The number of aromatic nitrogens is 4. The van der Waals surface area contributed by atoms with Crippen LogP contribution in [-0.2, 0) is 17.6 Å². The number of ether oxygens (including phenoxy) is 1. The van der Waals surface area contributed by atoms with Crippen LogP contribution >= 0.6 is 11.3 Å². The fourth-order valence-corrected chi connectivity index (χ4v) is 5.16. The number of nitrogen functional groups attached to an aromatic ring is 1. The van der Waals surface area contributed by atoms with Crippen LogP contribution in [0.15, 0.2) is 36.5 Å². The molecule has 0 atom stereocenters. The lowest BCUT2D eigenvalue weighted by atomic mass is 9.97. The molecule has 7 nitrogen and oxygen atoms in total. The minimum absolute atomic E-state index is 0.225. The number of aryl methyl sites for hydroxylation is 2. The van der Waals surface area contributed by atoms with Crippen LogP contribution < -0.4 is 5.73 Å². The fourth-order valence-electron chi connectivity index (χ4n) is 3.90. The average molecular weight is 420 g/mol. The van der Waals surface area contributed by atoms with Crippen molar-refractivity contribution >= 4 is 33.3 Å². The van der Waals surface area contributed by atoms with Crippen LogP contribution in [0.4, 0.5) is 5.82 Å². The molecule has 1 aromatic carbocycles. The van der Waals surface area contributed by atoms with Crippen molar-refractivity contribution in [3.63, 3.8) is 0 Å². The lowest BCUT2D eigenvalue weighted by molar-refractivity contribution is 0.0527. The Balaban J connectivity index is 1.76. The third-order valence-corrected chi connectivity index (χ3v) is 6.52. The van der Waals surface area contributed by atoms with Crippen LogP contribution in [0.2, 0.25) is 0 Å². The number of anilines is 1. The van der Waals surface area contributed by atoms with Crippen LogP contribution in [0, 0.1) is 0 Å². The number of nitrogens with two attached hydrogens (primary N) is 1. The second-order valence-electron chi connectivity index (χ2n) is 7.20. The Labute approximate surface area is 177 Å². The number of hydrogen-bond acceptors (Lipinski definition) is 7. The van der Waals surface area contributed by atoms with Gasteiger partial charge in [0.2, 0.25) is 0 Å². The van der Waals surface area contributed by atoms with E-state index in [4.69, 9.17) is 20.4 Å². The molecule has 1 aliphatic rings. The van der Waals surface area contributed by atoms with Gasteiger partial charge in [0.1, 0.15) is 16.2 Å². The third kappa shape index (κ3) is 3.04. The largest absolute Gasteiger partial charge is 0.462 e. The molecule has 30 heavy (non-hydrogen) atoms. The molecule has 0 saturated heterocycles. The molecule has 3 heterocycles. The maximum Gasteiger partial charge on any atom is 0.343 e. The van der Waals surface area contributed by atoms with E-state index in [9.17, 15) is 4.79 Å². The molecule has 0 radical (unpaired) electrons. The topological polar surface area (TPSA) is 95.9 Å². The van der Waals surface area contributed by atoms with Crippen LogP contribution in [0.25, 0.3) is 27.4 Å². The zero-order valence-electron chi connectivity index (χ0n) is 16.6. The van der Waals surface area contributed by atoms with Crippen molar-refractivity contribution < 1.29 is 9.53 Å². The van der Waals surface area contributed by atoms with Gasteiger partial charge in [-0.05, 0) is 38.2 Å². The molecule has 0 fully saturated rings. The summed E-state index contributed by atoms with van der Waals surface area (Å²) in [4.78, 5) is 24.3. The van der Waals surface area contributed by atoms with Crippen LogP contribution in [0.3, 0.4) is 0 Å². The summed E-state index contributed by atoms with van der Waals surface area (Å²) in [6.07, 6.45) is 5.82. The van der Waals surface area contributed by atoms with E-state index < -0.39 is 5.97 Å². The molecule has 8 heteroatoms. The van der Waals surface area contributed by atoms with Gasteiger partial charge in [0, 0.05) is 10.4 Å². The number of carbonyl (C=O) groups excluding carboxylic acids is 1. The van der Waals surface area contributed by atoms with Crippen molar-refractivity contribution in [1.29, 1.82) is 0 Å². The van der Waals surface area contributed by atoms with Crippen LogP contribution in [-0.4, -0.2) is 32.3 Å². The number of rotatable bonds is 4. The molecule has 0 bridgehead atoms. The van der Waals surface area contributed by atoms with E-state index in [1.54, 1.807) is 22.9 Å². The maximum absolute atomic E-state index is 12.3. The average Bonchev–Trinajstić information content (AvgIpc) is 3.34. The second-order valence-corrected chi connectivity index (χ2v) is 8.29. The first kappa shape index (κ1) is 18.7. The van der Waals surface area contributed by atoms with E-state index in [-0.39, 0.29) is 18.0 Å². The predicted molar refractivity (Wildman–Crippen MR) is 117 cm³/mol. The lowest BCUT2D eigenvalue weighted by Crippen LogP contribution is -2.11. The zero-order valence-corrected chi connectivity index (χ0v) is 17.4. The molecule has 1 aliphatic carbocycles. The Morgan fingerprint density at radius 3 is 2.80 bits per heavy atom. The van der Waals surface area contributed by atoms with Crippen molar-refractivity contribution in [2.45, 2.75) is 32.6 Å². The lowest BCUT2D eigenvalue weighted by Gasteiger charge is -2.13. The molecule has 0 saturated carbocycles. The molecule has 4 aromatic rings. The number of carbonyl (C=O) groups is 1. The highest BCUT2D eigenvalue weighted by atomic mass is 32.1. The highest BCUT2D eigenvalue weighted by Gasteiger charge is 2.25. The number of thiophene rings is 1. The Morgan fingerprint density at radius 2 is 2.00 bits per heavy atom. The normalized spacial score (nSPS) is 13.4. The first-order valence-corrected chi connectivity index (χ1v) is 10.9. The van der Waals surface area contributed by atoms with E-state index in [0.29, 0.717) is 11.6 Å². The van der Waals surface area contributed by atoms with Gasteiger partial charge in [-0.25, -0.2) is 14.8 Å². The molecule has 0 unspecified atom stereocenters. The summed E-state index contributed by atoms with van der Waals surface area (Å²) in [7, 11) is 0. The number of hydrogen-bond donors (Lipinski definition) is 1. The quantitative estimate of drug-likeness (QED) is 0.499. The molecule has 0 amide bonds. The summed E-state index contributed by atoms with van der Waals surface area (Å²) < 4.78 is 6.66. The Kier molecular flexibility index (Phi) is 4.71. The van der Waals surface area contributed by atoms with Gasteiger partial charge < -0.3 is 10.5 Å². The van der Waals surface area contributed by atoms with Gasteiger partial charge >= 0.3 is 5.97 Å². The number of fused-ring (bicyclic) bond motifs is 3. The second kappa shape index (κ2) is 7.53. The van der Waals surface area contributed by atoms with Crippen molar-refractivity contribution in [2.24, 2.45) is 0 Å². The summed E-state index contributed by atoms with van der Waals surface area (Å²) >= 11 is 1.72. The van der Waals surface area contributed by atoms with Gasteiger partial charge in [0.15, 0.2) is 11.6 Å². The Hall–Kier alpha value is -3.26. The monoisotopic (exact) mass is 419 g/mol. The van der Waals surface area contributed by atoms with E-state index in [2.05, 4.69) is 5.10 Å². The van der Waals surface area contributed by atoms with Crippen molar-refractivity contribution in [2.75, 3.05) is 12.3 Å². The van der Waals surface area contributed by atoms with Gasteiger partial charge in [0.05, 0.1) is 18.2 Å². The predicted octanol–water partition coefficient (Wildman–Crippen LogP) is 4.18. The minimum Gasteiger partial charge on any atom is -0.462 e. The molecular weight excluding hydrogens is 398 g/mol. The summed E-state index contributed by atoms with van der Waals surface area (Å²) in [6.45, 7) is 2.04. The van der Waals surface area contributed by atoms with Crippen LogP contribution in [0.1, 0.15) is 40.6 Å². The van der Waals surface area contributed by atoms with Gasteiger partial charge in [-0.1, -0.05) is 30.3 Å². The Bertz CT molecular complexity index is 1250. The fraction of sp³-hybridized carbons (Fsp3) is 0.273. The Morgan fingerprint density at radius 1 is 1.20 bits per heavy atom. The number of nitrogens with zero attached hydrogens (tertiary/aromatic N) is 4. The van der Waals surface area contributed by atoms with E-state index in [0.717, 1.165) is 35.0 Å². The van der Waals surface area contributed by atoms with Crippen molar-refractivity contribution in [3.8, 4) is 17.2 Å². The standard InChI is InChI=1S/C22H21N5O2S/c1-2-29-22(28)15-12-24-27(18(15)23)20-17-14-10-6-7-11-16(14)30-21(17)26-19(25-20)13-8-4-3-5-9-13/h3-5,8-9,12H,2,6-7,10-11,23H2,1H3. The summed E-state index contributed by atoms with van der Waals surface area (Å²) in [5, 5.41) is 5.39. The zero-order chi connectivity index (χ0) is 20.7. The highest BCUT2D eigenvalue weighted by Crippen LogP contribution is 2.39. The van der Waals surface area contributed by atoms with Gasteiger partial charge in [-0.3, -0.25) is 0 Å². The molecule has 2 N–H and O–H groups in total. The number of esters is 1. The molecule has 0 aliphatic heterocycles. The molecule has 3 aromatic heterocycles. The third-order valence-electron chi connectivity index (χ3n) is 5.33. The van der Waals surface area contributed by atoms with Crippen molar-refractivity contribution in [1.82, 2.24) is 19.7 Å². The maximum atomic E-state index is 12.3. The van der Waals surface area contributed by atoms with Crippen LogP contribution in [0.5, 0.6) is 0 Å². The molecular formula is C22H21N5O2S. The number of benzene rings is 1. The first-order valence-electron chi connectivity index (χ1n) is 10.1. The van der Waals surface area contributed by atoms with Gasteiger partial charge in [-0.15, -0.1) is 11.3 Å². The van der Waals surface area contributed by atoms with Gasteiger partial charge in [-0.2, -0.15) is 9.78 Å². The summed E-state index contributed by atoms with van der Waals surface area (Å²) in [5.74, 6) is 0.973. The molecule has 5 rings (SSSR count). The smallest absolute Gasteiger partial charge is 0.343 e. The van der Waals surface area contributed by atoms with Gasteiger partial charge in [0.25, 0.3) is 0 Å². The van der Waals surface area contributed by atoms with E-state index >= 15 is 0 Å². The summed E-state index contributed by atoms with van der Waals surface area (Å²) in [5.41, 5.74) is 8.78. The highest BCUT2D eigenvalue weighted by molar-refractivity contribution is 7.19. The van der Waals surface area contributed by atoms with Crippen molar-refractivity contribution in [3.05, 3.63) is 52.5 Å². The minimum atomic E-state index is -0.484. The molecule has 152 valence electrons. The SMILES string of the molecule is CCOC(=O)c1cnn(-c2nc(-c3ccccc3)nc3sc4c(c23)CCCC4)c1N. The summed E-state index contributed by atoms with van der Waals surface area (Å²) in [6, 6.07) is 9.85.